The number of carbonyl (C=O) groups is 3. The van der Waals surface area contributed by atoms with Crippen molar-refractivity contribution in [3.63, 3.8) is 0 Å². The van der Waals surface area contributed by atoms with E-state index in [9.17, 15) is 14.4 Å². The molecule has 1 heterocycles. The number of ether oxygens (including phenoxy) is 1. The summed E-state index contributed by atoms with van der Waals surface area (Å²) in [5, 5.41) is 2.79. The average molecular weight is 366 g/mol. The lowest BCUT2D eigenvalue weighted by atomic mass is 10.1. The maximum absolute atomic E-state index is 12.6. The minimum Gasteiger partial charge on any atom is -0.465 e. The number of carbonyl (C=O) groups excluding carboxylic acids is 3. The normalized spacial score (nSPS) is 16.3. The van der Waals surface area contributed by atoms with Gasteiger partial charge < -0.3 is 15.0 Å². The van der Waals surface area contributed by atoms with Crippen molar-refractivity contribution in [2.75, 3.05) is 23.9 Å². The first-order valence-corrected chi connectivity index (χ1v) is 8.90. The molecule has 0 bridgehead atoms. The van der Waals surface area contributed by atoms with Crippen molar-refractivity contribution in [1.82, 2.24) is 0 Å². The molecule has 2 amide bonds. The first kappa shape index (κ1) is 18.6. The monoisotopic (exact) mass is 366 g/mol. The highest BCUT2D eigenvalue weighted by Crippen LogP contribution is 2.26. The zero-order valence-corrected chi connectivity index (χ0v) is 15.4. The van der Waals surface area contributed by atoms with Crippen molar-refractivity contribution >= 4 is 29.2 Å². The fourth-order valence-electron chi connectivity index (χ4n) is 3.13. The summed E-state index contributed by atoms with van der Waals surface area (Å²) in [6.45, 7) is 2.42. The Hall–Kier alpha value is -3.15. The molecule has 27 heavy (non-hydrogen) atoms. The minimum atomic E-state index is -0.469. The van der Waals surface area contributed by atoms with Crippen molar-refractivity contribution < 1.29 is 19.1 Å². The van der Waals surface area contributed by atoms with Gasteiger partial charge in [0.25, 0.3) is 0 Å². The van der Waals surface area contributed by atoms with Crippen molar-refractivity contribution in [3.8, 4) is 0 Å². The number of anilines is 2. The van der Waals surface area contributed by atoms with Gasteiger partial charge in [-0.1, -0.05) is 25.1 Å². The first-order chi connectivity index (χ1) is 13.0. The SMILES string of the molecule is CCc1ccc(N2CC(C(=O)Nc3cccc(C(=O)OC)c3)CC2=O)cc1. The second-order valence-electron chi connectivity index (χ2n) is 6.49. The summed E-state index contributed by atoms with van der Waals surface area (Å²) in [6, 6.07) is 14.4. The van der Waals surface area contributed by atoms with E-state index in [-0.39, 0.29) is 18.2 Å². The number of methoxy groups -OCH3 is 1. The summed E-state index contributed by atoms with van der Waals surface area (Å²) in [7, 11) is 1.30. The van der Waals surface area contributed by atoms with Crippen LogP contribution in [-0.4, -0.2) is 31.4 Å². The van der Waals surface area contributed by atoms with Crippen LogP contribution in [0.2, 0.25) is 0 Å². The molecule has 1 saturated heterocycles. The molecule has 3 rings (SSSR count). The van der Waals surface area contributed by atoms with Crippen molar-refractivity contribution in [2.45, 2.75) is 19.8 Å². The van der Waals surface area contributed by atoms with E-state index in [2.05, 4.69) is 17.0 Å². The Balaban J connectivity index is 1.67. The number of amides is 2. The van der Waals surface area contributed by atoms with Crippen LogP contribution in [0, 0.1) is 5.92 Å². The van der Waals surface area contributed by atoms with E-state index in [1.54, 1.807) is 29.2 Å². The average Bonchev–Trinajstić information content (AvgIpc) is 3.09. The summed E-state index contributed by atoms with van der Waals surface area (Å²) in [4.78, 5) is 38.2. The number of nitrogens with one attached hydrogen (secondary N) is 1. The lowest BCUT2D eigenvalue weighted by molar-refractivity contribution is -0.122. The third-order valence-corrected chi connectivity index (χ3v) is 4.70. The molecule has 2 aromatic rings. The minimum absolute atomic E-state index is 0.0669. The summed E-state index contributed by atoms with van der Waals surface area (Å²) in [5.41, 5.74) is 2.86. The Kier molecular flexibility index (Phi) is 5.54. The molecule has 140 valence electrons. The molecule has 6 nitrogen and oxygen atoms in total. The lowest BCUT2D eigenvalue weighted by Gasteiger charge is -2.17. The number of esters is 1. The molecule has 0 aliphatic carbocycles. The van der Waals surface area contributed by atoms with Crippen LogP contribution in [0.4, 0.5) is 11.4 Å². The van der Waals surface area contributed by atoms with Crippen LogP contribution in [-0.2, 0) is 20.7 Å². The maximum atomic E-state index is 12.6. The Morgan fingerprint density at radius 2 is 1.93 bits per heavy atom. The predicted octanol–water partition coefficient (Wildman–Crippen LogP) is 3.03. The van der Waals surface area contributed by atoms with Crippen molar-refractivity contribution in [2.24, 2.45) is 5.92 Å². The first-order valence-electron chi connectivity index (χ1n) is 8.90. The molecule has 1 N–H and O–H groups in total. The fraction of sp³-hybridized carbons (Fsp3) is 0.286. The highest BCUT2D eigenvalue weighted by molar-refractivity contribution is 6.03. The highest BCUT2D eigenvalue weighted by atomic mass is 16.5. The van der Waals surface area contributed by atoms with Gasteiger partial charge in [-0.05, 0) is 42.3 Å². The van der Waals surface area contributed by atoms with Gasteiger partial charge in [0.05, 0.1) is 18.6 Å². The molecule has 0 aromatic heterocycles. The predicted molar refractivity (Wildman–Crippen MR) is 103 cm³/mol. The van der Waals surface area contributed by atoms with E-state index < -0.39 is 11.9 Å². The summed E-state index contributed by atoms with van der Waals surface area (Å²) in [6.07, 6.45) is 1.10. The number of aryl methyl sites for hydroxylation is 1. The fourth-order valence-corrected chi connectivity index (χ4v) is 3.13. The Morgan fingerprint density at radius 1 is 1.19 bits per heavy atom. The van der Waals surface area contributed by atoms with Crippen LogP contribution in [0.5, 0.6) is 0 Å². The van der Waals surface area contributed by atoms with Gasteiger partial charge in [-0.15, -0.1) is 0 Å². The van der Waals surface area contributed by atoms with Gasteiger partial charge in [0.2, 0.25) is 11.8 Å². The van der Waals surface area contributed by atoms with E-state index in [0.29, 0.717) is 17.8 Å². The van der Waals surface area contributed by atoms with Gasteiger partial charge in [0.15, 0.2) is 0 Å². The summed E-state index contributed by atoms with van der Waals surface area (Å²) >= 11 is 0. The van der Waals surface area contributed by atoms with Crippen LogP contribution in [0.1, 0.15) is 29.3 Å². The van der Waals surface area contributed by atoms with E-state index in [0.717, 1.165) is 12.1 Å². The molecule has 1 fully saturated rings. The number of benzene rings is 2. The van der Waals surface area contributed by atoms with Crippen LogP contribution < -0.4 is 10.2 Å². The van der Waals surface area contributed by atoms with Crippen LogP contribution in [0.25, 0.3) is 0 Å². The van der Waals surface area contributed by atoms with E-state index >= 15 is 0 Å². The molecule has 1 unspecified atom stereocenters. The second-order valence-corrected chi connectivity index (χ2v) is 6.49. The molecule has 1 aliphatic heterocycles. The molecule has 0 spiro atoms. The van der Waals surface area contributed by atoms with Gasteiger partial charge in [-0.25, -0.2) is 4.79 Å². The number of hydrogen-bond acceptors (Lipinski definition) is 4. The van der Waals surface area contributed by atoms with Gasteiger partial charge in [0.1, 0.15) is 0 Å². The second kappa shape index (κ2) is 8.03. The summed E-state index contributed by atoms with van der Waals surface area (Å²) < 4.78 is 4.69. The van der Waals surface area contributed by atoms with Crippen LogP contribution >= 0.6 is 0 Å². The number of nitrogens with zero attached hydrogens (tertiary/aromatic N) is 1. The largest absolute Gasteiger partial charge is 0.465 e. The molecule has 2 aromatic carbocycles. The lowest BCUT2D eigenvalue weighted by Crippen LogP contribution is -2.28. The van der Waals surface area contributed by atoms with Gasteiger partial charge in [-0.3, -0.25) is 9.59 Å². The number of hydrogen-bond donors (Lipinski definition) is 1. The molecule has 0 radical (unpaired) electrons. The Morgan fingerprint density at radius 3 is 2.59 bits per heavy atom. The van der Waals surface area contributed by atoms with Gasteiger partial charge >= 0.3 is 5.97 Å². The maximum Gasteiger partial charge on any atom is 0.337 e. The van der Waals surface area contributed by atoms with Gasteiger partial charge in [0, 0.05) is 24.3 Å². The Labute approximate surface area is 158 Å². The third kappa shape index (κ3) is 4.16. The van der Waals surface area contributed by atoms with E-state index in [1.165, 1.54) is 12.7 Å². The number of rotatable bonds is 5. The third-order valence-electron chi connectivity index (χ3n) is 4.70. The van der Waals surface area contributed by atoms with E-state index in [1.807, 2.05) is 24.3 Å². The smallest absolute Gasteiger partial charge is 0.337 e. The quantitative estimate of drug-likeness (QED) is 0.826. The Bertz CT molecular complexity index is 861. The molecular weight excluding hydrogens is 344 g/mol. The molecule has 1 aliphatic rings. The van der Waals surface area contributed by atoms with Gasteiger partial charge in [-0.2, -0.15) is 0 Å². The molecule has 6 heteroatoms. The summed E-state index contributed by atoms with van der Waals surface area (Å²) in [5.74, 6) is -1.21. The van der Waals surface area contributed by atoms with Crippen molar-refractivity contribution in [1.29, 1.82) is 0 Å². The highest BCUT2D eigenvalue weighted by Gasteiger charge is 2.35. The van der Waals surface area contributed by atoms with E-state index in [4.69, 9.17) is 0 Å². The zero-order valence-electron chi connectivity index (χ0n) is 15.4. The zero-order chi connectivity index (χ0) is 19.4. The van der Waals surface area contributed by atoms with Crippen LogP contribution in [0.15, 0.2) is 48.5 Å². The van der Waals surface area contributed by atoms with Crippen LogP contribution in [0.3, 0.4) is 0 Å². The topological polar surface area (TPSA) is 75.7 Å². The molecule has 0 saturated carbocycles. The molecule has 1 atom stereocenters. The standard InChI is InChI=1S/C21H22N2O4/c1-3-14-7-9-18(10-8-14)23-13-16(12-19(23)24)20(25)22-17-6-4-5-15(11-17)21(26)27-2/h4-11,16H,3,12-13H2,1-2H3,(H,22,25). The van der Waals surface area contributed by atoms with Crippen molar-refractivity contribution in [3.05, 3.63) is 59.7 Å². The molecular formula is C21H22N2O4.